The van der Waals surface area contributed by atoms with E-state index in [9.17, 15) is 4.79 Å². The number of nitriles is 1. The van der Waals surface area contributed by atoms with Crippen molar-refractivity contribution in [3.8, 4) is 6.07 Å². The van der Waals surface area contributed by atoms with Gasteiger partial charge in [0.15, 0.2) is 0 Å². The number of rotatable bonds is 2. The lowest BCUT2D eigenvalue weighted by atomic mass is 10.3. The van der Waals surface area contributed by atoms with E-state index in [1.54, 1.807) is 0 Å². The average Bonchev–Trinajstić information content (AvgIpc) is 1.82. The van der Waals surface area contributed by atoms with E-state index in [1.165, 1.54) is 6.07 Å². The maximum atomic E-state index is 9.92. The molecule has 9 heavy (non-hydrogen) atoms. The molecule has 0 rings (SSSR count). The molecule has 0 saturated carbocycles. The molecule has 0 atom stereocenters. The van der Waals surface area contributed by atoms with Crippen molar-refractivity contribution in [1.29, 1.82) is 5.26 Å². The molecule has 0 unspecified atom stereocenters. The molecule has 0 heterocycles. The van der Waals surface area contributed by atoms with Gasteiger partial charge >= 0.3 is 5.97 Å². The first-order valence-electron chi connectivity index (χ1n) is 2.16. The molecule has 0 aliphatic heterocycles. The van der Waals surface area contributed by atoms with Gasteiger partial charge in [0.25, 0.3) is 0 Å². The van der Waals surface area contributed by atoms with Gasteiger partial charge in [-0.15, -0.1) is 0 Å². The smallest absolute Gasteiger partial charge is 0.346 e. The zero-order chi connectivity index (χ0) is 7.28. The average molecular weight is 127 g/mol. The maximum Gasteiger partial charge on any atom is 0.346 e. The van der Waals surface area contributed by atoms with Crippen molar-refractivity contribution in [2.75, 3.05) is 6.61 Å². The van der Waals surface area contributed by atoms with Crippen LogP contribution in [0.5, 0.6) is 0 Å². The van der Waals surface area contributed by atoms with Gasteiger partial charge in [-0.1, -0.05) is 0 Å². The van der Waals surface area contributed by atoms with Crippen LogP contribution in [0.25, 0.3) is 0 Å². The molecule has 0 saturated heterocycles. The molecule has 0 aliphatic carbocycles. The fourth-order valence-electron chi connectivity index (χ4n) is 0.272. The summed E-state index contributed by atoms with van der Waals surface area (Å²) in [5.74, 6) is -1.31. The Labute approximate surface area is 51.7 Å². The third kappa shape index (κ3) is 2.46. The monoisotopic (exact) mass is 127 g/mol. The van der Waals surface area contributed by atoms with Crippen molar-refractivity contribution in [3.63, 3.8) is 0 Å². The molecular formula is C5H5NO3. The molecule has 0 radical (unpaired) electrons. The number of aliphatic hydroxyl groups excluding tert-OH is 1. The van der Waals surface area contributed by atoms with Crippen molar-refractivity contribution in [2.24, 2.45) is 0 Å². The van der Waals surface area contributed by atoms with Crippen LogP contribution in [0.15, 0.2) is 11.6 Å². The molecule has 4 nitrogen and oxygen atoms in total. The number of hydrogen-bond acceptors (Lipinski definition) is 3. The maximum absolute atomic E-state index is 9.92. The van der Waals surface area contributed by atoms with E-state index in [0.29, 0.717) is 0 Å². The van der Waals surface area contributed by atoms with Gasteiger partial charge in [0.1, 0.15) is 11.6 Å². The van der Waals surface area contributed by atoms with Gasteiger partial charge in [-0.3, -0.25) is 0 Å². The molecule has 0 spiro atoms. The standard InChI is InChI=1S/C5H5NO3/c6-3-4(1-2-7)5(8)9/h1,7H,2H2,(H,8,9)/b4-1+. The summed E-state index contributed by atoms with van der Waals surface area (Å²) in [4.78, 5) is 9.92. The molecule has 0 aromatic carbocycles. The van der Waals surface area contributed by atoms with Crippen LogP contribution in [0.2, 0.25) is 0 Å². The molecule has 0 amide bonds. The van der Waals surface area contributed by atoms with Gasteiger partial charge < -0.3 is 10.2 Å². The quantitative estimate of drug-likeness (QED) is 0.387. The summed E-state index contributed by atoms with van der Waals surface area (Å²) in [6.07, 6.45) is 0.933. The lowest BCUT2D eigenvalue weighted by Gasteiger charge is -1.84. The highest BCUT2D eigenvalue weighted by molar-refractivity contribution is 5.90. The van der Waals surface area contributed by atoms with E-state index >= 15 is 0 Å². The number of aliphatic hydroxyl groups is 1. The molecule has 4 heteroatoms. The van der Waals surface area contributed by atoms with Crippen molar-refractivity contribution < 1.29 is 15.0 Å². The Morgan fingerprint density at radius 3 is 2.44 bits per heavy atom. The van der Waals surface area contributed by atoms with Crippen molar-refractivity contribution in [3.05, 3.63) is 11.6 Å². The number of carboxylic acid groups (broad SMARTS) is 1. The van der Waals surface area contributed by atoms with Crippen molar-refractivity contribution >= 4 is 5.97 Å². The Morgan fingerprint density at radius 2 is 2.33 bits per heavy atom. The summed E-state index contributed by atoms with van der Waals surface area (Å²) in [5, 5.41) is 24.2. The molecule has 2 N–H and O–H groups in total. The molecule has 48 valence electrons. The number of hydrogen-bond donors (Lipinski definition) is 2. The first-order chi connectivity index (χ1) is 4.22. The normalized spacial score (nSPS) is 10.4. The Bertz CT molecular complexity index is 177. The molecule has 0 aliphatic rings. The minimum Gasteiger partial charge on any atom is -0.477 e. The summed E-state index contributed by atoms with van der Waals surface area (Å²) in [7, 11) is 0. The minimum atomic E-state index is -1.31. The van der Waals surface area contributed by atoms with Crippen LogP contribution in [0.1, 0.15) is 0 Å². The van der Waals surface area contributed by atoms with E-state index in [-0.39, 0.29) is 0 Å². The van der Waals surface area contributed by atoms with Crippen LogP contribution in [0, 0.1) is 11.3 Å². The topological polar surface area (TPSA) is 81.3 Å². The van der Waals surface area contributed by atoms with E-state index in [4.69, 9.17) is 15.5 Å². The van der Waals surface area contributed by atoms with E-state index in [0.717, 1.165) is 6.08 Å². The van der Waals surface area contributed by atoms with Crippen LogP contribution in [0.4, 0.5) is 0 Å². The van der Waals surface area contributed by atoms with Gasteiger partial charge in [-0.25, -0.2) is 4.79 Å². The zero-order valence-electron chi connectivity index (χ0n) is 4.53. The molecular weight excluding hydrogens is 122 g/mol. The van der Waals surface area contributed by atoms with Crippen LogP contribution in [-0.4, -0.2) is 22.8 Å². The van der Waals surface area contributed by atoms with Gasteiger partial charge in [0.05, 0.1) is 6.61 Å². The van der Waals surface area contributed by atoms with E-state index in [1.807, 2.05) is 0 Å². The zero-order valence-corrected chi connectivity index (χ0v) is 4.53. The third-order valence-corrected chi connectivity index (χ3v) is 0.646. The molecule has 0 bridgehead atoms. The number of carboxylic acids is 1. The second kappa shape index (κ2) is 3.64. The van der Waals surface area contributed by atoms with Gasteiger partial charge in [0.2, 0.25) is 0 Å². The first kappa shape index (κ1) is 7.66. The molecule has 0 aromatic heterocycles. The van der Waals surface area contributed by atoms with E-state index < -0.39 is 18.1 Å². The lowest BCUT2D eigenvalue weighted by molar-refractivity contribution is -0.132. The van der Waals surface area contributed by atoms with Crippen molar-refractivity contribution in [1.82, 2.24) is 0 Å². The highest BCUT2D eigenvalue weighted by Crippen LogP contribution is 1.89. The summed E-state index contributed by atoms with van der Waals surface area (Å²) in [5.41, 5.74) is -0.433. The Balaban J connectivity index is 4.20. The summed E-state index contributed by atoms with van der Waals surface area (Å²) < 4.78 is 0. The van der Waals surface area contributed by atoms with Gasteiger partial charge in [-0.05, 0) is 6.08 Å². The predicted octanol–water partition coefficient (Wildman–Crippen LogP) is -0.487. The van der Waals surface area contributed by atoms with Gasteiger partial charge in [0, 0.05) is 0 Å². The number of carbonyl (C=O) groups is 1. The molecule has 0 aromatic rings. The lowest BCUT2D eigenvalue weighted by Crippen LogP contribution is -1.98. The second-order valence-electron chi connectivity index (χ2n) is 1.22. The largest absolute Gasteiger partial charge is 0.477 e. The summed E-state index contributed by atoms with van der Waals surface area (Å²) >= 11 is 0. The highest BCUT2D eigenvalue weighted by Gasteiger charge is 2.02. The number of nitrogens with zero attached hydrogens (tertiary/aromatic N) is 1. The fraction of sp³-hybridized carbons (Fsp3) is 0.200. The highest BCUT2D eigenvalue weighted by atomic mass is 16.4. The van der Waals surface area contributed by atoms with Crippen LogP contribution < -0.4 is 0 Å². The third-order valence-electron chi connectivity index (χ3n) is 0.646. The van der Waals surface area contributed by atoms with Crippen LogP contribution in [-0.2, 0) is 4.79 Å². The Morgan fingerprint density at radius 1 is 1.78 bits per heavy atom. The molecule has 0 fully saturated rings. The summed E-state index contributed by atoms with van der Waals surface area (Å²) in [6, 6.07) is 1.40. The predicted molar refractivity (Wildman–Crippen MR) is 28.4 cm³/mol. The van der Waals surface area contributed by atoms with Crippen LogP contribution in [0.3, 0.4) is 0 Å². The van der Waals surface area contributed by atoms with Gasteiger partial charge in [-0.2, -0.15) is 5.26 Å². The Kier molecular flexibility index (Phi) is 3.09. The van der Waals surface area contributed by atoms with Crippen LogP contribution >= 0.6 is 0 Å². The first-order valence-corrected chi connectivity index (χ1v) is 2.16. The Hall–Kier alpha value is -1.34. The van der Waals surface area contributed by atoms with Crippen molar-refractivity contribution in [2.45, 2.75) is 0 Å². The fourth-order valence-corrected chi connectivity index (χ4v) is 0.272. The summed E-state index contributed by atoms with van der Waals surface area (Å²) in [6.45, 7) is -0.421. The SMILES string of the molecule is N#C/C(=C\CO)C(=O)O. The minimum absolute atomic E-state index is 0.421. The van der Waals surface area contributed by atoms with E-state index in [2.05, 4.69) is 0 Å². The number of aliphatic carboxylic acids is 1. The second-order valence-corrected chi connectivity index (χ2v) is 1.22.